The largest absolute Gasteiger partial charge is 0.287 e. The molecule has 0 bridgehead atoms. The van der Waals surface area contributed by atoms with Gasteiger partial charge in [0.15, 0.2) is 0 Å². The van der Waals surface area contributed by atoms with Crippen LogP contribution in [0.1, 0.15) is 22.3 Å². The molecule has 1 aromatic carbocycles. The van der Waals surface area contributed by atoms with E-state index in [0.717, 1.165) is 10.5 Å². The highest BCUT2D eigenvalue weighted by Gasteiger charge is 2.40. The maximum atomic E-state index is 12.5. The highest BCUT2D eigenvalue weighted by atomic mass is 16.2. The predicted molar refractivity (Wildman–Crippen MR) is 86.9 cm³/mol. The Hall–Kier alpha value is -3.06. The van der Waals surface area contributed by atoms with Gasteiger partial charge in [-0.3, -0.25) is 24.8 Å². The number of hydrogen-bond donors (Lipinski definition) is 2. The topological polar surface area (TPSA) is 91.4 Å². The van der Waals surface area contributed by atoms with Crippen LogP contribution in [-0.4, -0.2) is 28.7 Å². The third-order valence-corrected chi connectivity index (χ3v) is 3.79. The van der Waals surface area contributed by atoms with Gasteiger partial charge in [-0.25, -0.2) is 10.3 Å². The second-order valence-electron chi connectivity index (χ2n) is 5.45. The number of hydrazine groups is 1. The highest BCUT2D eigenvalue weighted by Crippen LogP contribution is 2.25. The lowest BCUT2D eigenvalue weighted by Gasteiger charge is -2.17. The van der Waals surface area contributed by atoms with Crippen molar-refractivity contribution in [2.24, 2.45) is 0 Å². The maximum absolute atomic E-state index is 12.5. The lowest BCUT2D eigenvalue weighted by molar-refractivity contribution is -0.121. The monoisotopic (exact) mass is 324 g/mol. The molecule has 3 rings (SSSR count). The predicted octanol–water partition coefficient (Wildman–Crippen LogP) is 0.957. The van der Waals surface area contributed by atoms with Gasteiger partial charge in [0.05, 0.1) is 17.7 Å². The minimum absolute atomic E-state index is 0.0134. The molecule has 1 aliphatic heterocycles. The number of pyridine rings is 1. The molecule has 1 saturated heterocycles. The number of para-hydroxylation sites is 1. The molecule has 7 nitrogen and oxygen atoms in total. The molecule has 122 valence electrons. The summed E-state index contributed by atoms with van der Waals surface area (Å²) in [4.78, 5) is 41.7. The molecular formula is C17H16N4O3. The molecule has 24 heavy (non-hydrogen) atoms. The van der Waals surface area contributed by atoms with Crippen LogP contribution >= 0.6 is 0 Å². The van der Waals surface area contributed by atoms with Gasteiger partial charge in [0.25, 0.3) is 11.8 Å². The van der Waals surface area contributed by atoms with Gasteiger partial charge >= 0.3 is 0 Å². The third kappa shape index (κ3) is 3.02. The normalized spacial score (nSPS) is 17.2. The van der Waals surface area contributed by atoms with Crippen LogP contribution in [0.3, 0.4) is 0 Å². The van der Waals surface area contributed by atoms with Crippen LogP contribution in [0, 0.1) is 6.92 Å². The minimum atomic E-state index is -0.794. The van der Waals surface area contributed by atoms with E-state index in [1.807, 2.05) is 19.1 Å². The summed E-state index contributed by atoms with van der Waals surface area (Å²) in [6.45, 7) is 1.83. The van der Waals surface area contributed by atoms with E-state index in [-0.39, 0.29) is 18.2 Å². The van der Waals surface area contributed by atoms with E-state index < -0.39 is 11.9 Å². The number of benzene rings is 1. The second-order valence-corrected chi connectivity index (χ2v) is 5.45. The molecule has 1 fully saturated rings. The average Bonchev–Trinajstić information content (AvgIpc) is 2.88. The number of amides is 3. The van der Waals surface area contributed by atoms with E-state index in [9.17, 15) is 14.4 Å². The zero-order valence-corrected chi connectivity index (χ0v) is 13.0. The minimum Gasteiger partial charge on any atom is -0.287 e. The van der Waals surface area contributed by atoms with Gasteiger partial charge in [-0.15, -0.1) is 0 Å². The first-order valence-electron chi connectivity index (χ1n) is 7.46. The molecule has 1 aliphatic rings. The summed E-state index contributed by atoms with van der Waals surface area (Å²) in [6, 6.07) is 9.62. The number of rotatable bonds is 4. The van der Waals surface area contributed by atoms with Crippen molar-refractivity contribution in [1.82, 2.24) is 15.8 Å². The van der Waals surface area contributed by atoms with E-state index in [2.05, 4.69) is 15.8 Å². The van der Waals surface area contributed by atoms with Crippen LogP contribution in [0.2, 0.25) is 0 Å². The van der Waals surface area contributed by atoms with Crippen molar-refractivity contribution in [1.29, 1.82) is 0 Å². The summed E-state index contributed by atoms with van der Waals surface area (Å²) in [5.74, 6) is -1.11. The van der Waals surface area contributed by atoms with E-state index in [0.29, 0.717) is 11.3 Å². The highest BCUT2D eigenvalue weighted by molar-refractivity contribution is 6.22. The summed E-state index contributed by atoms with van der Waals surface area (Å²) >= 11 is 0. The fourth-order valence-corrected chi connectivity index (χ4v) is 2.53. The van der Waals surface area contributed by atoms with Gasteiger partial charge in [0, 0.05) is 12.4 Å². The Labute approximate surface area is 138 Å². The number of aryl methyl sites for hydroxylation is 1. The van der Waals surface area contributed by atoms with Crippen LogP contribution in [-0.2, 0) is 9.59 Å². The first-order valence-corrected chi connectivity index (χ1v) is 7.46. The Bertz CT molecular complexity index is 791. The fourth-order valence-electron chi connectivity index (χ4n) is 2.53. The van der Waals surface area contributed by atoms with Gasteiger partial charge in [-0.1, -0.05) is 18.2 Å². The number of carbonyl (C=O) groups excluding carboxylic acids is 3. The molecule has 7 heteroatoms. The Morgan fingerprint density at radius 1 is 1.21 bits per heavy atom. The summed E-state index contributed by atoms with van der Waals surface area (Å²) in [7, 11) is 0. The van der Waals surface area contributed by atoms with Gasteiger partial charge in [-0.2, -0.15) is 0 Å². The summed E-state index contributed by atoms with van der Waals surface area (Å²) < 4.78 is 0. The van der Waals surface area contributed by atoms with Crippen LogP contribution in [0.5, 0.6) is 0 Å². The van der Waals surface area contributed by atoms with Crippen LogP contribution in [0.15, 0.2) is 48.8 Å². The standard InChI is InChI=1S/C17H16N4O3/c1-11-5-2-3-7-14(11)21-15(22)9-13(17(21)24)19-20-16(23)12-6-4-8-18-10-12/h2-8,10,13,19H,9H2,1H3,(H,20,23)/t13-/m0/s1. The molecule has 2 aromatic rings. The van der Waals surface area contributed by atoms with E-state index in [4.69, 9.17) is 0 Å². The fraction of sp³-hybridized carbons (Fsp3) is 0.176. The van der Waals surface area contributed by atoms with Crippen molar-refractivity contribution >= 4 is 23.4 Å². The van der Waals surface area contributed by atoms with Crippen molar-refractivity contribution in [2.45, 2.75) is 19.4 Å². The Balaban J connectivity index is 1.69. The van der Waals surface area contributed by atoms with E-state index in [1.165, 1.54) is 6.20 Å². The Morgan fingerprint density at radius 3 is 2.71 bits per heavy atom. The quantitative estimate of drug-likeness (QED) is 0.645. The molecule has 0 saturated carbocycles. The lowest BCUT2D eigenvalue weighted by Crippen LogP contribution is -2.48. The van der Waals surface area contributed by atoms with Gasteiger partial charge < -0.3 is 0 Å². The summed E-state index contributed by atoms with van der Waals surface area (Å²) in [5, 5.41) is 0. The van der Waals surface area contributed by atoms with Crippen LogP contribution in [0.4, 0.5) is 5.69 Å². The molecule has 0 spiro atoms. The lowest BCUT2D eigenvalue weighted by atomic mass is 10.2. The number of imide groups is 1. The molecule has 2 N–H and O–H groups in total. The zero-order chi connectivity index (χ0) is 17.1. The van der Waals surface area contributed by atoms with Gasteiger partial charge in [-0.05, 0) is 30.7 Å². The molecule has 0 unspecified atom stereocenters. The summed E-state index contributed by atoms with van der Waals surface area (Å²) in [5.41, 5.74) is 6.85. The van der Waals surface area contributed by atoms with Crippen molar-refractivity contribution < 1.29 is 14.4 Å². The number of carbonyl (C=O) groups is 3. The molecule has 1 atom stereocenters. The van der Waals surface area contributed by atoms with Crippen molar-refractivity contribution in [2.75, 3.05) is 4.90 Å². The Kier molecular flexibility index (Phi) is 4.35. The van der Waals surface area contributed by atoms with Crippen molar-refractivity contribution in [3.8, 4) is 0 Å². The molecule has 0 aliphatic carbocycles. The number of anilines is 1. The third-order valence-electron chi connectivity index (χ3n) is 3.79. The molecule has 2 heterocycles. The first-order chi connectivity index (χ1) is 11.6. The average molecular weight is 324 g/mol. The van der Waals surface area contributed by atoms with E-state index in [1.54, 1.807) is 30.5 Å². The SMILES string of the molecule is Cc1ccccc1N1C(=O)C[C@H](NNC(=O)c2cccnc2)C1=O. The molecular weight excluding hydrogens is 308 g/mol. The number of nitrogens with one attached hydrogen (secondary N) is 2. The number of hydrogen-bond acceptors (Lipinski definition) is 5. The van der Waals surface area contributed by atoms with E-state index >= 15 is 0 Å². The maximum Gasteiger partial charge on any atom is 0.266 e. The number of nitrogens with zero attached hydrogens (tertiary/aromatic N) is 2. The molecule has 1 aromatic heterocycles. The first kappa shape index (κ1) is 15.8. The van der Waals surface area contributed by atoms with Crippen molar-refractivity contribution in [3.05, 3.63) is 59.9 Å². The number of aromatic nitrogens is 1. The smallest absolute Gasteiger partial charge is 0.266 e. The second kappa shape index (κ2) is 6.59. The zero-order valence-electron chi connectivity index (χ0n) is 13.0. The molecule has 0 radical (unpaired) electrons. The summed E-state index contributed by atoms with van der Waals surface area (Å²) in [6.07, 6.45) is 2.96. The van der Waals surface area contributed by atoms with Crippen molar-refractivity contribution in [3.63, 3.8) is 0 Å². The van der Waals surface area contributed by atoms with Crippen LogP contribution < -0.4 is 15.8 Å². The Morgan fingerprint density at radius 2 is 2.00 bits per heavy atom. The van der Waals surface area contributed by atoms with Crippen LogP contribution in [0.25, 0.3) is 0 Å². The molecule has 3 amide bonds. The van der Waals surface area contributed by atoms with Gasteiger partial charge in [0.2, 0.25) is 5.91 Å². The van der Waals surface area contributed by atoms with Gasteiger partial charge in [0.1, 0.15) is 6.04 Å².